The standard InChI is InChI=1S/C27H18ClN3O3S/c1-17-16-30-23(26(29-27(30)35-17)21-11-12-22(28)24(15-21)31(33)34)13-14-25(32)20-9-7-19(8-10-20)18-5-3-2-4-6-18/h2-16H,1H3/b14-13+. The molecule has 3 aromatic carbocycles. The summed E-state index contributed by atoms with van der Waals surface area (Å²) in [6.07, 6.45) is 5.14. The lowest BCUT2D eigenvalue weighted by atomic mass is 10.0. The molecule has 6 nitrogen and oxygen atoms in total. The molecular weight excluding hydrogens is 482 g/mol. The lowest BCUT2D eigenvalue weighted by Gasteiger charge is -2.03. The molecule has 2 heterocycles. The maximum absolute atomic E-state index is 12.9. The molecular formula is C27H18ClN3O3S. The van der Waals surface area contributed by atoms with Gasteiger partial charge in [-0.15, -0.1) is 11.3 Å². The highest BCUT2D eigenvalue weighted by Gasteiger charge is 2.19. The van der Waals surface area contributed by atoms with Gasteiger partial charge in [-0.2, -0.15) is 0 Å². The van der Waals surface area contributed by atoms with Crippen LogP contribution in [0.1, 0.15) is 20.9 Å². The van der Waals surface area contributed by atoms with Crippen LogP contribution in [0.5, 0.6) is 0 Å². The Labute approximate surface area is 209 Å². The predicted octanol–water partition coefficient (Wildman–Crippen LogP) is 7.50. The fraction of sp³-hybridized carbons (Fsp3) is 0.0370. The van der Waals surface area contributed by atoms with Gasteiger partial charge in [0.05, 0.1) is 16.3 Å². The number of hydrogen-bond acceptors (Lipinski definition) is 5. The van der Waals surface area contributed by atoms with E-state index in [0.717, 1.165) is 21.0 Å². The van der Waals surface area contributed by atoms with Crippen LogP contribution in [0.3, 0.4) is 0 Å². The molecule has 172 valence electrons. The van der Waals surface area contributed by atoms with Gasteiger partial charge < -0.3 is 0 Å². The molecule has 0 spiro atoms. The van der Waals surface area contributed by atoms with Crippen molar-refractivity contribution in [1.82, 2.24) is 9.38 Å². The average molecular weight is 500 g/mol. The van der Waals surface area contributed by atoms with Gasteiger partial charge in [0.15, 0.2) is 10.7 Å². The number of ketones is 1. The lowest BCUT2D eigenvalue weighted by molar-refractivity contribution is -0.384. The van der Waals surface area contributed by atoms with Crippen LogP contribution in [0.15, 0.2) is 85.1 Å². The Balaban J connectivity index is 1.50. The number of nitro benzene ring substituents is 1. The third-order valence-corrected chi connectivity index (χ3v) is 6.78. The average Bonchev–Trinajstić information content (AvgIpc) is 3.39. The van der Waals surface area contributed by atoms with Crippen molar-refractivity contribution in [3.8, 4) is 22.4 Å². The SMILES string of the molecule is Cc1cn2c(/C=C/C(=O)c3ccc(-c4ccccc4)cc3)c(-c3ccc(Cl)c([N+](=O)[O-])c3)nc2s1. The molecule has 5 rings (SSSR count). The van der Waals surface area contributed by atoms with Crippen LogP contribution in [0.2, 0.25) is 5.02 Å². The van der Waals surface area contributed by atoms with Gasteiger partial charge in [-0.05, 0) is 36.3 Å². The Morgan fingerprint density at radius 2 is 1.71 bits per heavy atom. The summed E-state index contributed by atoms with van der Waals surface area (Å²) < 4.78 is 1.89. The zero-order chi connectivity index (χ0) is 24.5. The fourth-order valence-electron chi connectivity index (χ4n) is 3.85. The van der Waals surface area contributed by atoms with Crippen molar-refractivity contribution < 1.29 is 9.72 Å². The Bertz CT molecular complexity index is 1600. The highest BCUT2D eigenvalue weighted by Crippen LogP contribution is 2.34. The van der Waals surface area contributed by atoms with Gasteiger partial charge in [0.1, 0.15) is 5.02 Å². The van der Waals surface area contributed by atoms with Crippen molar-refractivity contribution in [2.45, 2.75) is 6.92 Å². The van der Waals surface area contributed by atoms with Crippen LogP contribution in [-0.2, 0) is 0 Å². The number of nitrogens with zero attached hydrogens (tertiary/aromatic N) is 3. The van der Waals surface area contributed by atoms with Gasteiger partial charge >= 0.3 is 0 Å². The van der Waals surface area contributed by atoms with Crippen molar-refractivity contribution in [2.75, 3.05) is 0 Å². The Morgan fingerprint density at radius 3 is 2.43 bits per heavy atom. The number of aromatic nitrogens is 2. The molecule has 0 aliphatic rings. The summed E-state index contributed by atoms with van der Waals surface area (Å²) in [5.74, 6) is -0.153. The molecule has 0 aliphatic carbocycles. The van der Waals surface area contributed by atoms with Gasteiger partial charge in [-0.1, -0.05) is 72.3 Å². The number of imidazole rings is 1. The van der Waals surface area contributed by atoms with Gasteiger partial charge in [0, 0.05) is 28.3 Å². The van der Waals surface area contributed by atoms with E-state index in [2.05, 4.69) is 4.98 Å². The first-order valence-corrected chi connectivity index (χ1v) is 11.9. The second kappa shape index (κ2) is 9.29. The zero-order valence-electron chi connectivity index (χ0n) is 18.5. The molecule has 0 saturated heterocycles. The van der Waals surface area contributed by atoms with Crippen LogP contribution < -0.4 is 0 Å². The van der Waals surface area contributed by atoms with E-state index in [-0.39, 0.29) is 16.5 Å². The molecule has 0 fully saturated rings. The number of carbonyl (C=O) groups excluding carboxylic acids is 1. The molecule has 0 amide bonds. The van der Waals surface area contributed by atoms with E-state index in [1.54, 1.807) is 24.3 Å². The van der Waals surface area contributed by atoms with Crippen molar-refractivity contribution in [2.24, 2.45) is 0 Å². The first-order valence-electron chi connectivity index (χ1n) is 10.7. The number of halogens is 1. The van der Waals surface area contributed by atoms with Crippen molar-refractivity contribution in [1.29, 1.82) is 0 Å². The zero-order valence-corrected chi connectivity index (χ0v) is 20.1. The molecule has 0 unspecified atom stereocenters. The highest BCUT2D eigenvalue weighted by atomic mass is 35.5. The van der Waals surface area contributed by atoms with Gasteiger partial charge in [-0.25, -0.2) is 4.98 Å². The Kier molecular flexibility index (Phi) is 6.03. The van der Waals surface area contributed by atoms with Gasteiger partial charge in [0.25, 0.3) is 5.69 Å². The molecule has 2 aromatic heterocycles. The van der Waals surface area contributed by atoms with Crippen LogP contribution in [-0.4, -0.2) is 20.1 Å². The fourth-order valence-corrected chi connectivity index (χ4v) is 4.87. The first kappa shape index (κ1) is 22.7. The van der Waals surface area contributed by atoms with Crippen LogP contribution >= 0.6 is 22.9 Å². The van der Waals surface area contributed by atoms with Crippen molar-refractivity contribution in [3.63, 3.8) is 0 Å². The lowest BCUT2D eigenvalue weighted by Crippen LogP contribution is -1.95. The third-order valence-electron chi connectivity index (χ3n) is 5.56. The van der Waals surface area contributed by atoms with E-state index in [1.807, 2.05) is 60.0 Å². The van der Waals surface area contributed by atoms with E-state index in [9.17, 15) is 14.9 Å². The number of nitro groups is 1. The minimum absolute atomic E-state index is 0.0573. The monoisotopic (exact) mass is 499 g/mol. The summed E-state index contributed by atoms with van der Waals surface area (Å²) in [6.45, 7) is 1.97. The number of allylic oxidation sites excluding steroid dienone is 1. The van der Waals surface area contributed by atoms with Crippen molar-refractivity contribution >= 4 is 45.4 Å². The van der Waals surface area contributed by atoms with E-state index >= 15 is 0 Å². The third kappa shape index (κ3) is 4.51. The summed E-state index contributed by atoms with van der Waals surface area (Å²) in [7, 11) is 0. The van der Waals surface area contributed by atoms with Crippen LogP contribution in [0.25, 0.3) is 33.4 Å². The van der Waals surface area contributed by atoms with E-state index in [4.69, 9.17) is 11.6 Å². The van der Waals surface area contributed by atoms with Crippen LogP contribution in [0, 0.1) is 17.0 Å². The molecule has 0 saturated carbocycles. The molecule has 0 atom stereocenters. The summed E-state index contributed by atoms with van der Waals surface area (Å²) in [5, 5.41) is 11.4. The molecule has 8 heteroatoms. The normalized spacial score (nSPS) is 11.4. The highest BCUT2D eigenvalue weighted by molar-refractivity contribution is 7.17. The van der Waals surface area contributed by atoms with E-state index in [1.165, 1.54) is 29.5 Å². The largest absolute Gasteiger partial charge is 0.290 e. The molecule has 35 heavy (non-hydrogen) atoms. The Morgan fingerprint density at radius 1 is 1.03 bits per heavy atom. The molecule has 0 aliphatic heterocycles. The minimum Gasteiger partial charge on any atom is -0.290 e. The number of carbonyl (C=O) groups is 1. The second-order valence-electron chi connectivity index (χ2n) is 7.90. The number of fused-ring (bicyclic) bond motifs is 1. The first-order chi connectivity index (χ1) is 16.9. The smallest absolute Gasteiger partial charge is 0.288 e. The number of benzene rings is 3. The van der Waals surface area contributed by atoms with E-state index in [0.29, 0.717) is 22.5 Å². The van der Waals surface area contributed by atoms with Crippen LogP contribution in [0.4, 0.5) is 5.69 Å². The van der Waals surface area contributed by atoms with Gasteiger partial charge in [-0.3, -0.25) is 19.3 Å². The molecule has 5 aromatic rings. The predicted molar refractivity (Wildman–Crippen MR) is 140 cm³/mol. The molecule has 0 bridgehead atoms. The Hall–Kier alpha value is -4.07. The number of aryl methyl sites for hydroxylation is 1. The van der Waals surface area contributed by atoms with E-state index < -0.39 is 4.92 Å². The second-order valence-corrected chi connectivity index (χ2v) is 9.52. The van der Waals surface area contributed by atoms with Crippen molar-refractivity contribution in [3.05, 3.63) is 116 Å². The number of rotatable bonds is 6. The maximum atomic E-state index is 12.9. The van der Waals surface area contributed by atoms with Gasteiger partial charge in [0.2, 0.25) is 0 Å². The maximum Gasteiger partial charge on any atom is 0.288 e. The molecule has 0 radical (unpaired) electrons. The summed E-state index contributed by atoms with van der Waals surface area (Å²) in [4.78, 5) is 30.3. The topological polar surface area (TPSA) is 77.5 Å². The number of hydrogen-bond donors (Lipinski definition) is 0. The summed E-state index contributed by atoms with van der Waals surface area (Å²) in [6, 6.07) is 22.0. The number of thiazole rings is 1. The molecule has 0 N–H and O–H groups in total. The summed E-state index contributed by atoms with van der Waals surface area (Å²) in [5.41, 5.74) is 4.24. The summed E-state index contributed by atoms with van der Waals surface area (Å²) >= 11 is 7.49. The quantitative estimate of drug-likeness (QED) is 0.105. The minimum atomic E-state index is -0.521.